The van der Waals surface area contributed by atoms with Crippen molar-refractivity contribution in [1.29, 1.82) is 0 Å². The van der Waals surface area contributed by atoms with Gasteiger partial charge < -0.3 is 14.2 Å². The Morgan fingerprint density at radius 3 is 0.759 bits per heavy atom. The van der Waals surface area contributed by atoms with Gasteiger partial charge in [0.05, 0.1) is 0 Å². The average molecular weight is 1150 g/mol. The Balaban J connectivity index is 4.26. The molecule has 0 aromatic heterocycles. The number of esters is 3. The van der Waals surface area contributed by atoms with Gasteiger partial charge in [-0.3, -0.25) is 14.4 Å². The van der Waals surface area contributed by atoms with E-state index in [9.17, 15) is 14.4 Å². The zero-order chi connectivity index (χ0) is 59.9. The topological polar surface area (TPSA) is 78.9 Å². The molecule has 0 aliphatic heterocycles. The zero-order valence-corrected chi connectivity index (χ0v) is 54.7. The summed E-state index contributed by atoms with van der Waals surface area (Å²) >= 11 is 0. The van der Waals surface area contributed by atoms with E-state index in [4.69, 9.17) is 14.2 Å². The predicted molar refractivity (Wildman–Crippen MR) is 362 cm³/mol. The van der Waals surface area contributed by atoms with Crippen molar-refractivity contribution in [2.45, 2.75) is 348 Å². The number of allylic oxidation sites excluding steroid dienone is 18. The fraction of sp³-hybridized carbons (Fsp3) is 0.727. The van der Waals surface area contributed by atoms with Gasteiger partial charge in [0.15, 0.2) is 6.10 Å². The van der Waals surface area contributed by atoms with Crippen LogP contribution in [0.15, 0.2) is 109 Å². The third-order valence-electron chi connectivity index (χ3n) is 15.2. The second-order valence-corrected chi connectivity index (χ2v) is 23.4. The van der Waals surface area contributed by atoms with E-state index in [1.807, 2.05) is 0 Å². The quantitative estimate of drug-likeness (QED) is 0.0261. The Bertz CT molecular complexity index is 1660. The second-order valence-electron chi connectivity index (χ2n) is 23.4. The first-order valence-corrected chi connectivity index (χ1v) is 35.4. The highest BCUT2D eigenvalue weighted by molar-refractivity contribution is 5.71. The maximum absolute atomic E-state index is 12.9. The summed E-state index contributed by atoms with van der Waals surface area (Å²) in [6.45, 7) is 6.51. The van der Waals surface area contributed by atoms with Crippen molar-refractivity contribution in [3.8, 4) is 0 Å². The van der Waals surface area contributed by atoms with Crippen molar-refractivity contribution in [3.63, 3.8) is 0 Å². The average Bonchev–Trinajstić information content (AvgIpc) is 3.49. The molecule has 6 nitrogen and oxygen atoms in total. The zero-order valence-electron chi connectivity index (χ0n) is 54.7. The smallest absolute Gasteiger partial charge is 0.306 e. The summed E-state index contributed by atoms with van der Waals surface area (Å²) in [6, 6.07) is 0. The van der Waals surface area contributed by atoms with Crippen molar-refractivity contribution >= 4 is 17.9 Å². The summed E-state index contributed by atoms with van der Waals surface area (Å²) in [5, 5.41) is 0. The van der Waals surface area contributed by atoms with Gasteiger partial charge in [-0.05, 0) is 128 Å². The van der Waals surface area contributed by atoms with E-state index in [-0.39, 0.29) is 31.1 Å². The summed E-state index contributed by atoms with van der Waals surface area (Å²) in [4.78, 5) is 38.4. The summed E-state index contributed by atoms with van der Waals surface area (Å²) in [7, 11) is 0. The molecular formula is C77H132O6. The normalized spacial score (nSPS) is 12.8. The van der Waals surface area contributed by atoms with Crippen LogP contribution >= 0.6 is 0 Å². The lowest BCUT2D eigenvalue weighted by Crippen LogP contribution is -2.30. The Kier molecular flexibility index (Phi) is 67.2. The van der Waals surface area contributed by atoms with E-state index in [0.717, 1.165) is 128 Å². The van der Waals surface area contributed by atoms with Gasteiger partial charge in [-0.25, -0.2) is 0 Å². The Hall–Kier alpha value is -3.93. The molecule has 0 radical (unpaired) electrons. The number of carbonyl (C=O) groups excluding carboxylic acids is 3. The number of hydrogen-bond donors (Lipinski definition) is 0. The van der Waals surface area contributed by atoms with Crippen LogP contribution in [-0.2, 0) is 28.6 Å². The monoisotopic (exact) mass is 1150 g/mol. The molecule has 0 N–H and O–H groups in total. The number of rotatable bonds is 64. The molecule has 0 aromatic rings. The molecule has 476 valence electrons. The van der Waals surface area contributed by atoms with E-state index >= 15 is 0 Å². The largest absolute Gasteiger partial charge is 0.462 e. The van der Waals surface area contributed by atoms with Crippen LogP contribution in [0.3, 0.4) is 0 Å². The maximum atomic E-state index is 12.9. The second kappa shape index (κ2) is 70.6. The lowest BCUT2D eigenvalue weighted by atomic mass is 10.0. The van der Waals surface area contributed by atoms with Crippen LogP contribution in [0.2, 0.25) is 0 Å². The first kappa shape index (κ1) is 79.1. The van der Waals surface area contributed by atoms with Crippen LogP contribution in [-0.4, -0.2) is 37.2 Å². The summed E-state index contributed by atoms with van der Waals surface area (Å²) < 4.78 is 16.9. The van der Waals surface area contributed by atoms with Crippen LogP contribution in [0.25, 0.3) is 0 Å². The van der Waals surface area contributed by atoms with Crippen molar-refractivity contribution in [2.75, 3.05) is 13.2 Å². The van der Waals surface area contributed by atoms with Gasteiger partial charge in [-0.2, -0.15) is 0 Å². The number of ether oxygens (including phenoxy) is 3. The van der Waals surface area contributed by atoms with E-state index < -0.39 is 6.10 Å². The minimum Gasteiger partial charge on any atom is -0.462 e. The highest BCUT2D eigenvalue weighted by atomic mass is 16.6. The molecule has 0 fully saturated rings. The van der Waals surface area contributed by atoms with Crippen LogP contribution in [0.5, 0.6) is 0 Å². The van der Waals surface area contributed by atoms with Crippen LogP contribution in [0, 0.1) is 0 Å². The maximum Gasteiger partial charge on any atom is 0.306 e. The van der Waals surface area contributed by atoms with Crippen LogP contribution in [0.1, 0.15) is 342 Å². The van der Waals surface area contributed by atoms with Gasteiger partial charge in [0.1, 0.15) is 13.2 Å². The van der Waals surface area contributed by atoms with E-state index in [1.165, 1.54) is 173 Å². The fourth-order valence-corrected chi connectivity index (χ4v) is 9.94. The summed E-state index contributed by atoms with van der Waals surface area (Å²) in [5.74, 6) is -0.904. The number of carbonyl (C=O) groups is 3. The molecule has 83 heavy (non-hydrogen) atoms. The molecule has 0 saturated carbocycles. The third-order valence-corrected chi connectivity index (χ3v) is 15.2. The Labute approximate surface area is 514 Å². The number of unbranched alkanes of at least 4 members (excludes halogenated alkanes) is 35. The minimum absolute atomic E-state index is 0.0876. The molecule has 6 heteroatoms. The first-order valence-electron chi connectivity index (χ1n) is 35.4. The van der Waals surface area contributed by atoms with Gasteiger partial charge in [-0.15, -0.1) is 0 Å². The highest BCUT2D eigenvalue weighted by Gasteiger charge is 2.19. The Morgan fingerprint density at radius 2 is 0.470 bits per heavy atom. The molecular weight excluding hydrogens is 1020 g/mol. The molecule has 0 aliphatic rings. The SMILES string of the molecule is CC/C=C\C/C=C\C/C=C\C/C=C\C/C=C\CCCCCCCC(=O)OC(COC(=O)CCCCCCC/C=C\CCCCCC)COC(=O)CCCCCCCCCCCCCCCCCC/C=C\C/C=C\C/C=C\CCCCCCC. The predicted octanol–water partition coefficient (Wildman–Crippen LogP) is 24.6. The van der Waals surface area contributed by atoms with Crippen molar-refractivity contribution < 1.29 is 28.6 Å². The van der Waals surface area contributed by atoms with Gasteiger partial charge in [0.2, 0.25) is 0 Å². The van der Waals surface area contributed by atoms with Gasteiger partial charge >= 0.3 is 17.9 Å². The molecule has 0 bridgehead atoms. The molecule has 0 aromatic carbocycles. The molecule has 1 unspecified atom stereocenters. The standard InChI is InChI=1S/C77H132O6/c1-4-7-10-13-16-19-22-25-27-29-31-33-34-35-36-37-38-39-40-41-42-44-45-47-49-52-55-58-61-64-67-70-76(79)82-73-74(72-81-75(78)69-66-63-60-57-54-51-24-21-18-15-12-9-6-3)83-77(80)71-68-65-62-59-56-53-50-48-46-43-32-30-28-26-23-20-17-14-11-8-5-2/h8,11,17,20-22,24-26,28-29,31-32,34-35,43,48,50,74H,4-7,9-10,12-16,18-19,23,27,30,33,36-42,44-47,49,51-73H2,1-3H3/b11-8-,20-17-,24-21-,25-22-,28-26-,31-29-,35-34-,43-32-,50-48-. The molecule has 1 atom stereocenters. The van der Waals surface area contributed by atoms with Crippen molar-refractivity contribution in [1.82, 2.24) is 0 Å². The van der Waals surface area contributed by atoms with Crippen LogP contribution < -0.4 is 0 Å². The fourth-order valence-electron chi connectivity index (χ4n) is 9.94. The molecule has 0 amide bonds. The summed E-state index contributed by atoms with van der Waals surface area (Å²) in [5.41, 5.74) is 0. The van der Waals surface area contributed by atoms with Gasteiger partial charge in [0, 0.05) is 19.3 Å². The van der Waals surface area contributed by atoms with E-state index in [0.29, 0.717) is 19.3 Å². The first-order chi connectivity index (χ1) is 41.0. The third kappa shape index (κ3) is 68.7. The summed E-state index contributed by atoms with van der Waals surface area (Å²) in [6.07, 6.45) is 96.9. The van der Waals surface area contributed by atoms with E-state index in [1.54, 1.807) is 0 Å². The lowest BCUT2D eigenvalue weighted by molar-refractivity contribution is -0.167. The van der Waals surface area contributed by atoms with Crippen LogP contribution in [0.4, 0.5) is 0 Å². The Morgan fingerprint density at radius 1 is 0.253 bits per heavy atom. The van der Waals surface area contributed by atoms with Crippen molar-refractivity contribution in [3.05, 3.63) is 109 Å². The number of hydrogen-bond acceptors (Lipinski definition) is 6. The molecule has 0 spiro atoms. The molecule has 0 saturated heterocycles. The lowest BCUT2D eigenvalue weighted by Gasteiger charge is -2.18. The molecule has 0 aliphatic carbocycles. The van der Waals surface area contributed by atoms with Crippen molar-refractivity contribution in [2.24, 2.45) is 0 Å². The minimum atomic E-state index is -0.794. The molecule has 0 rings (SSSR count). The molecule has 0 heterocycles. The van der Waals surface area contributed by atoms with Gasteiger partial charge in [-0.1, -0.05) is 304 Å². The highest BCUT2D eigenvalue weighted by Crippen LogP contribution is 2.17. The van der Waals surface area contributed by atoms with E-state index in [2.05, 4.69) is 130 Å². The van der Waals surface area contributed by atoms with Gasteiger partial charge in [0.25, 0.3) is 0 Å².